The molecule has 0 aliphatic heterocycles. The summed E-state index contributed by atoms with van der Waals surface area (Å²) in [5.41, 5.74) is 0. The van der Waals surface area contributed by atoms with Gasteiger partial charge in [0.15, 0.2) is 6.10 Å². The monoisotopic (exact) mass is 1090 g/mol. The summed E-state index contributed by atoms with van der Waals surface area (Å²) in [6.45, 7) is 6.54. The summed E-state index contributed by atoms with van der Waals surface area (Å²) in [7, 11) is 0. The van der Waals surface area contributed by atoms with E-state index < -0.39 is 6.10 Å². The third-order valence-electron chi connectivity index (χ3n) is 14.9. The number of unbranched alkanes of at least 4 members (excludes halogenated alkanes) is 39. The summed E-state index contributed by atoms with van der Waals surface area (Å²) in [5, 5.41) is 0. The number of ether oxygens (including phenoxy) is 3. The Kier molecular flexibility index (Phi) is 63.7. The lowest BCUT2D eigenvalue weighted by molar-refractivity contribution is -0.167. The van der Waals surface area contributed by atoms with Gasteiger partial charge < -0.3 is 14.2 Å². The Hall–Kier alpha value is -3.15. The van der Waals surface area contributed by atoms with E-state index in [-0.39, 0.29) is 31.1 Å². The molecule has 0 aliphatic carbocycles. The van der Waals surface area contributed by atoms with Crippen molar-refractivity contribution in [2.24, 2.45) is 0 Å². The average molecular weight is 1090 g/mol. The maximum Gasteiger partial charge on any atom is 0.306 e. The maximum atomic E-state index is 12.9. The van der Waals surface area contributed by atoms with Crippen molar-refractivity contribution >= 4 is 17.9 Å². The maximum absolute atomic E-state index is 12.9. The Morgan fingerprint density at radius 2 is 0.500 bits per heavy atom. The van der Waals surface area contributed by atoms with E-state index in [1.807, 2.05) is 0 Å². The zero-order valence-corrected chi connectivity index (χ0v) is 51.9. The van der Waals surface area contributed by atoms with Gasteiger partial charge in [-0.25, -0.2) is 0 Å². The van der Waals surface area contributed by atoms with Gasteiger partial charge >= 0.3 is 17.9 Å². The van der Waals surface area contributed by atoms with Crippen molar-refractivity contribution in [3.63, 3.8) is 0 Å². The van der Waals surface area contributed by atoms with Crippen molar-refractivity contribution < 1.29 is 28.6 Å². The molecular weight excluding hydrogens is 961 g/mol. The Bertz CT molecular complexity index is 1440. The fraction of sp³-hybridized carbons (Fsp3) is 0.792. The first-order valence-electron chi connectivity index (χ1n) is 33.9. The highest BCUT2D eigenvalue weighted by Crippen LogP contribution is 2.18. The largest absolute Gasteiger partial charge is 0.462 e. The second-order valence-corrected chi connectivity index (χ2v) is 22.7. The summed E-state index contributed by atoms with van der Waals surface area (Å²) < 4.78 is 16.9. The van der Waals surface area contributed by atoms with Gasteiger partial charge in [-0.15, -0.1) is 0 Å². The van der Waals surface area contributed by atoms with E-state index in [0.717, 1.165) is 109 Å². The average Bonchev–Trinajstić information content (AvgIpc) is 3.44. The smallest absolute Gasteiger partial charge is 0.306 e. The normalized spacial score (nSPS) is 12.5. The van der Waals surface area contributed by atoms with Crippen molar-refractivity contribution in [3.05, 3.63) is 72.9 Å². The van der Waals surface area contributed by atoms with Crippen molar-refractivity contribution in [1.82, 2.24) is 0 Å². The van der Waals surface area contributed by atoms with Crippen LogP contribution in [0.25, 0.3) is 0 Å². The molecule has 78 heavy (non-hydrogen) atoms. The van der Waals surface area contributed by atoms with E-state index in [0.29, 0.717) is 19.3 Å². The molecule has 0 saturated heterocycles. The number of carbonyl (C=O) groups is 3. The molecule has 452 valence electrons. The number of esters is 3. The van der Waals surface area contributed by atoms with Crippen LogP contribution in [0.2, 0.25) is 0 Å². The van der Waals surface area contributed by atoms with Crippen molar-refractivity contribution in [3.8, 4) is 0 Å². The number of hydrogen-bond acceptors (Lipinski definition) is 6. The molecule has 0 saturated carbocycles. The number of hydrogen-bond donors (Lipinski definition) is 0. The third kappa shape index (κ3) is 63.7. The van der Waals surface area contributed by atoms with Crippen LogP contribution in [0.4, 0.5) is 0 Å². The van der Waals surface area contributed by atoms with Crippen LogP contribution in [-0.2, 0) is 28.6 Å². The highest BCUT2D eigenvalue weighted by Gasteiger charge is 2.19. The molecule has 0 radical (unpaired) electrons. The highest BCUT2D eigenvalue weighted by molar-refractivity contribution is 5.71. The summed E-state index contributed by atoms with van der Waals surface area (Å²) in [5.74, 6) is -0.869. The lowest BCUT2D eigenvalue weighted by Gasteiger charge is -2.18. The van der Waals surface area contributed by atoms with Crippen molar-refractivity contribution in [2.75, 3.05) is 13.2 Å². The minimum atomic E-state index is -0.780. The van der Waals surface area contributed by atoms with Crippen LogP contribution in [0.5, 0.6) is 0 Å². The van der Waals surface area contributed by atoms with Crippen LogP contribution in [0.3, 0.4) is 0 Å². The first kappa shape index (κ1) is 74.8. The van der Waals surface area contributed by atoms with Crippen molar-refractivity contribution in [1.29, 1.82) is 0 Å². The lowest BCUT2D eigenvalue weighted by atomic mass is 10.0. The molecule has 6 nitrogen and oxygen atoms in total. The second-order valence-electron chi connectivity index (χ2n) is 22.7. The summed E-state index contributed by atoms with van der Waals surface area (Å²) in [6, 6.07) is 0. The van der Waals surface area contributed by atoms with Crippen LogP contribution < -0.4 is 0 Å². The van der Waals surface area contributed by atoms with Gasteiger partial charge in [-0.3, -0.25) is 14.4 Å². The Morgan fingerprint density at radius 1 is 0.269 bits per heavy atom. The number of rotatable bonds is 62. The molecule has 0 rings (SSSR count). The van der Waals surface area contributed by atoms with Gasteiger partial charge in [0.1, 0.15) is 13.2 Å². The van der Waals surface area contributed by atoms with E-state index in [9.17, 15) is 14.4 Å². The van der Waals surface area contributed by atoms with Crippen LogP contribution in [0.15, 0.2) is 72.9 Å². The molecule has 0 spiro atoms. The van der Waals surface area contributed by atoms with Gasteiger partial charge in [-0.1, -0.05) is 312 Å². The molecule has 0 aromatic carbocycles. The van der Waals surface area contributed by atoms with Crippen LogP contribution in [0, 0.1) is 0 Å². The predicted octanol–water partition coefficient (Wildman–Crippen LogP) is 23.3. The van der Waals surface area contributed by atoms with E-state index in [2.05, 4.69) is 93.7 Å². The lowest BCUT2D eigenvalue weighted by Crippen LogP contribution is -2.30. The summed E-state index contributed by atoms with van der Waals surface area (Å²) in [4.78, 5) is 38.3. The van der Waals surface area contributed by atoms with E-state index >= 15 is 0 Å². The molecule has 0 aliphatic rings. The Morgan fingerprint density at radius 3 is 0.808 bits per heavy atom. The molecule has 0 amide bonds. The SMILES string of the molecule is CC/C=C\C/C=C\C/C=C\C/C=C\CCCCCCCCCCCCCCCCCCCCC(=O)OCC(COC(=O)CCCCCCCCCCCCCCCC)OC(=O)CCCCCCC/C=C\C/C=C\CCCCC. The molecule has 0 heterocycles. The quantitative estimate of drug-likeness (QED) is 0.0261. The summed E-state index contributed by atoms with van der Waals surface area (Å²) in [6.07, 6.45) is 86.4. The van der Waals surface area contributed by atoms with Gasteiger partial charge in [0.2, 0.25) is 0 Å². The first-order valence-corrected chi connectivity index (χ1v) is 33.9. The highest BCUT2D eigenvalue weighted by atomic mass is 16.6. The van der Waals surface area contributed by atoms with Crippen LogP contribution in [0.1, 0.15) is 348 Å². The third-order valence-corrected chi connectivity index (χ3v) is 14.9. The fourth-order valence-electron chi connectivity index (χ4n) is 9.88. The molecule has 0 bridgehead atoms. The number of carbonyl (C=O) groups excluding carboxylic acids is 3. The topological polar surface area (TPSA) is 78.9 Å². The molecule has 1 atom stereocenters. The summed E-state index contributed by atoms with van der Waals surface area (Å²) >= 11 is 0. The molecule has 0 fully saturated rings. The van der Waals surface area contributed by atoms with E-state index in [1.54, 1.807) is 0 Å². The second kappa shape index (κ2) is 66.4. The van der Waals surface area contributed by atoms with Crippen LogP contribution >= 0.6 is 0 Å². The predicted molar refractivity (Wildman–Crippen MR) is 339 cm³/mol. The minimum absolute atomic E-state index is 0.0755. The molecule has 6 heteroatoms. The Labute approximate surface area is 484 Å². The fourth-order valence-corrected chi connectivity index (χ4v) is 9.88. The van der Waals surface area contributed by atoms with Gasteiger partial charge in [0.25, 0.3) is 0 Å². The van der Waals surface area contributed by atoms with Gasteiger partial charge in [-0.2, -0.15) is 0 Å². The Balaban J connectivity index is 4.17. The van der Waals surface area contributed by atoms with E-state index in [4.69, 9.17) is 14.2 Å². The molecule has 0 N–H and O–H groups in total. The first-order chi connectivity index (χ1) is 38.5. The molecule has 0 aromatic heterocycles. The van der Waals surface area contributed by atoms with Crippen molar-refractivity contribution in [2.45, 2.75) is 354 Å². The van der Waals surface area contributed by atoms with Gasteiger partial charge in [0, 0.05) is 19.3 Å². The standard InChI is InChI=1S/C72H128O6/c1-4-7-10-13-16-19-22-25-28-29-30-31-32-33-34-35-36-37-38-39-40-41-42-43-45-47-50-53-56-59-62-65-71(74)77-68-69(67-76-70(73)64-61-58-55-52-49-46-27-24-21-18-15-12-9-6-3)78-72(75)66-63-60-57-54-51-48-44-26-23-20-17-14-11-8-5-2/h7,10,16-17,19-20,25-26,28,30-31,44,69H,4-6,8-9,11-15,18,21-24,27,29,32-43,45-68H2,1-3H3/b10-7-,19-16-,20-17-,28-25-,31-30-,44-26-. The zero-order chi connectivity index (χ0) is 56.4. The number of allylic oxidation sites excluding steroid dienone is 12. The van der Waals surface area contributed by atoms with Gasteiger partial charge in [-0.05, 0) is 89.9 Å². The molecular formula is C72H128O6. The molecule has 0 aromatic rings. The van der Waals surface area contributed by atoms with E-state index in [1.165, 1.54) is 199 Å². The van der Waals surface area contributed by atoms with Crippen LogP contribution in [-0.4, -0.2) is 37.2 Å². The minimum Gasteiger partial charge on any atom is -0.462 e. The molecule has 1 unspecified atom stereocenters. The zero-order valence-electron chi connectivity index (χ0n) is 51.9. The van der Waals surface area contributed by atoms with Gasteiger partial charge in [0.05, 0.1) is 0 Å².